The van der Waals surface area contributed by atoms with Crippen LogP contribution in [0.5, 0.6) is 0 Å². The number of anilines is 1. The number of aromatic nitrogens is 2. The molecule has 27 heavy (non-hydrogen) atoms. The van der Waals surface area contributed by atoms with E-state index in [4.69, 9.17) is 9.97 Å². The summed E-state index contributed by atoms with van der Waals surface area (Å²) in [6.45, 7) is 11.0. The monoisotopic (exact) mass is 365 g/mol. The van der Waals surface area contributed by atoms with E-state index in [-0.39, 0.29) is 0 Å². The van der Waals surface area contributed by atoms with Crippen molar-refractivity contribution in [2.75, 3.05) is 50.7 Å². The summed E-state index contributed by atoms with van der Waals surface area (Å²) in [4.78, 5) is 17.1. The molecule has 0 N–H and O–H groups in total. The first-order valence-corrected chi connectivity index (χ1v) is 10.4. The lowest BCUT2D eigenvalue weighted by Crippen LogP contribution is -2.47. The van der Waals surface area contributed by atoms with Crippen LogP contribution in [0.25, 0.3) is 0 Å². The summed E-state index contributed by atoms with van der Waals surface area (Å²) in [5.74, 6) is 0.933. The Morgan fingerprint density at radius 3 is 2.52 bits per heavy atom. The summed E-state index contributed by atoms with van der Waals surface area (Å²) < 4.78 is 0. The summed E-state index contributed by atoms with van der Waals surface area (Å²) in [5, 5.41) is 0. The van der Waals surface area contributed by atoms with Gasteiger partial charge in [0.2, 0.25) is 5.95 Å². The van der Waals surface area contributed by atoms with Gasteiger partial charge in [0.25, 0.3) is 0 Å². The summed E-state index contributed by atoms with van der Waals surface area (Å²) >= 11 is 0. The Balaban J connectivity index is 1.33. The third-order valence-corrected chi connectivity index (χ3v) is 5.75. The van der Waals surface area contributed by atoms with Crippen LogP contribution in [-0.2, 0) is 19.4 Å². The topological polar surface area (TPSA) is 35.5 Å². The van der Waals surface area contributed by atoms with E-state index in [1.54, 1.807) is 0 Å². The highest BCUT2D eigenvalue weighted by Crippen LogP contribution is 2.20. The van der Waals surface area contributed by atoms with Gasteiger partial charge in [0.15, 0.2) is 0 Å². The fourth-order valence-corrected chi connectivity index (χ4v) is 4.13. The molecule has 0 unspecified atom stereocenters. The van der Waals surface area contributed by atoms with E-state index in [1.807, 2.05) is 0 Å². The first-order chi connectivity index (χ1) is 13.3. The van der Waals surface area contributed by atoms with Gasteiger partial charge in [-0.05, 0) is 24.9 Å². The second kappa shape index (κ2) is 8.81. The van der Waals surface area contributed by atoms with Crippen LogP contribution in [0.1, 0.15) is 30.2 Å². The summed E-state index contributed by atoms with van der Waals surface area (Å²) in [6.07, 6.45) is 5.45. The van der Waals surface area contributed by atoms with Gasteiger partial charge >= 0.3 is 0 Å². The van der Waals surface area contributed by atoms with Crippen LogP contribution in [0.4, 0.5) is 5.95 Å². The number of hydrogen-bond donors (Lipinski definition) is 0. The second-order valence-electron chi connectivity index (χ2n) is 7.73. The van der Waals surface area contributed by atoms with E-state index in [1.165, 1.54) is 29.8 Å². The first kappa shape index (κ1) is 18.4. The normalized spacial score (nSPS) is 18.5. The Morgan fingerprint density at radius 2 is 1.74 bits per heavy atom. The van der Waals surface area contributed by atoms with Crippen LogP contribution in [0.3, 0.4) is 0 Å². The second-order valence-corrected chi connectivity index (χ2v) is 7.73. The van der Waals surface area contributed by atoms with Crippen molar-refractivity contribution in [2.45, 2.75) is 32.7 Å². The molecule has 1 fully saturated rings. The highest BCUT2D eigenvalue weighted by molar-refractivity contribution is 5.35. The molecular weight excluding hydrogens is 334 g/mol. The zero-order valence-electron chi connectivity index (χ0n) is 16.5. The summed E-state index contributed by atoms with van der Waals surface area (Å²) in [7, 11) is 0. The maximum atomic E-state index is 4.93. The van der Waals surface area contributed by atoms with Crippen LogP contribution >= 0.6 is 0 Å². The van der Waals surface area contributed by atoms with Crippen molar-refractivity contribution >= 4 is 5.95 Å². The Labute approximate surface area is 163 Å². The highest BCUT2D eigenvalue weighted by Gasteiger charge is 2.22. The molecule has 0 atom stereocenters. The molecule has 5 nitrogen and oxygen atoms in total. The lowest BCUT2D eigenvalue weighted by Gasteiger charge is -2.35. The lowest BCUT2D eigenvalue weighted by atomic mass is 10.1. The molecule has 0 amide bonds. The molecular formula is C22H31N5. The van der Waals surface area contributed by atoms with E-state index < -0.39 is 0 Å². The number of fused-ring (bicyclic) bond motifs is 1. The van der Waals surface area contributed by atoms with Gasteiger partial charge in [-0.2, -0.15) is 0 Å². The molecule has 144 valence electrons. The average Bonchev–Trinajstić information content (AvgIpc) is 2.73. The Bertz CT molecular complexity index is 725. The van der Waals surface area contributed by atoms with Gasteiger partial charge in [-0.25, -0.2) is 9.97 Å². The standard InChI is InChI=1S/C22H31N5/c1-2-10-25-13-15-27(16-14-25)22-23-17-20-18-26(12-9-21(20)24-22)11-8-19-6-4-3-5-7-19/h3-7,17H,2,8-16,18H2,1H3. The van der Waals surface area contributed by atoms with Gasteiger partial charge in [0.1, 0.15) is 0 Å². The van der Waals surface area contributed by atoms with E-state index in [9.17, 15) is 0 Å². The van der Waals surface area contributed by atoms with Crippen molar-refractivity contribution in [2.24, 2.45) is 0 Å². The van der Waals surface area contributed by atoms with Gasteiger partial charge in [0.05, 0.1) is 5.69 Å². The molecule has 1 aromatic heterocycles. The van der Waals surface area contributed by atoms with Crippen molar-refractivity contribution in [3.8, 4) is 0 Å². The largest absolute Gasteiger partial charge is 0.338 e. The number of nitrogens with zero attached hydrogens (tertiary/aromatic N) is 5. The van der Waals surface area contributed by atoms with Crippen molar-refractivity contribution in [1.29, 1.82) is 0 Å². The minimum absolute atomic E-state index is 0.933. The van der Waals surface area contributed by atoms with Crippen molar-refractivity contribution < 1.29 is 0 Å². The van der Waals surface area contributed by atoms with Crippen LogP contribution in [0, 0.1) is 0 Å². The Kier molecular flexibility index (Phi) is 6.00. The van der Waals surface area contributed by atoms with Crippen LogP contribution < -0.4 is 4.90 Å². The molecule has 0 saturated carbocycles. The minimum Gasteiger partial charge on any atom is -0.338 e. The van der Waals surface area contributed by atoms with Crippen molar-refractivity contribution in [3.63, 3.8) is 0 Å². The van der Waals surface area contributed by atoms with Gasteiger partial charge < -0.3 is 4.90 Å². The molecule has 0 bridgehead atoms. The summed E-state index contributed by atoms with van der Waals surface area (Å²) in [6, 6.07) is 10.8. The zero-order valence-corrected chi connectivity index (χ0v) is 16.5. The van der Waals surface area contributed by atoms with E-state index >= 15 is 0 Å². The maximum Gasteiger partial charge on any atom is 0.225 e. The Morgan fingerprint density at radius 1 is 0.926 bits per heavy atom. The SMILES string of the molecule is CCCN1CCN(c2ncc3c(n2)CCN(CCc2ccccc2)C3)CC1. The number of benzene rings is 1. The predicted molar refractivity (Wildman–Crippen MR) is 110 cm³/mol. The van der Waals surface area contributed by atoms with Crippen LogP contribution in [0.15, 0.2) is 36.5 Å². The molecule has 3 heterocycles. The molecule has 5 heteroatoms. The third kappa shape index (κ3) is 4.66. The van der Waals surface area contributed by atoms with Gasteiger partial charge in [-0.3, -0.25) is 9.80 Å². The molecule has 0 spiro atoms. The maximum absolute atomic E-state index is 4.93. The molecule has 4 rings (SSSR count). The molecule has 0 aliphatic carbocycles. The third-order valence-electron chi connectivity index (χ3n) is 5.75. The van der Waals surface area contributed by atoms with E-state index in [0.717, 1.165) is 64.6 Å². The van der Waals surface area contributed by atoms with Gasteiger partial charge in [0, 0.05) is 64.0 Å². The number of piperazine rings is 1. The van der Waals surface area contributed by atoms with Crippen LogP contribution in [-0.4, -0.2) is 65.6 Å². The molecule has 1 saturated heterocycles. The number of rotatable bonds is 6. The molecule has 2 aliphatic rings. The predicted octanol–water partition coefficient (Wildman–Crippen LogP) is 2.61. The average molecular weight is 366 g/mol. The fraction of sp³-hybridized carbons (Fsp3) is 0.545. The molecule has 1 aromatic carbocycles. The van der Waals surface area contributed by atoms with Crippen molar-refractivity contribution in [3.05, 3.63) is 53.3 Å². The minimum atomic E-state index is 0.933. The van der Waals surface area contributed by atoms with E-state index in [0.29, 0.717) is 0 Å². The number of hydrogen-bond acceptors (Lipinski definition) is 5. The van der Waals surface area contributed by atoms with E-state index in [2.05, 4.69) is 58.2 Å². The van der Waals surface area contributed by atoms with Crippen LogP contribution in [0.2, 0.25) is 0 Å². The van der Waals surface area contributed by atoms with Gasteiger partial charge in [-0.15, -0.1) is 0 Å². The summed E-state index contributed by atoms with van der Waals surface area (Å²) in [5.41, 5.74) is 3.98. The zero-order chi connectivity index (χ0) is 18.5. The van der Waals surface area contributed by atoms with Gasteiger partial charge in [-0.1, -0.05) is 37.3 Å². The fourth-order valence-electron chi connectivity index (χ4n) is 4.13. The smallest absolute Gasteiger partial charge is 0.225 e. The first-order valence-electron chi connectivity index (χ1n) is 10.4. The Hall–Kier alpha value is -1.98. The highest BCUT2D eigenvalue weighted by atomic mass is 15.3. The molecule has 0 radical (unpaired) electrons. The molecule has 2 aliphatic heterocycles. The molecule has 2 aromatic rings. The quantitative estimate of drug-likeness (QED) is 0.786. The lowest BCUT2D eigenvalue weighted by molar-refractivity contribution is 0.252. The van der Waals surface area contributed by atoms with Crippen molar-refractivity contribution in [1.82, 2.24) is 19.8 Å².